The van der Waals surface area contributed by atoms with Crippen LogP contribution in [-0.4, -0.2) is 18.4 Å². The van der Waals surface area contributed by atoms with Gasteiger partial charge in [0.25, 0.3) is 0 Å². The number of sulfone groups is 1. The standard InChI is InChI=1S/C10H20O2S/c1-6-7-8-9(2)13(11,12)10(3,4)5/h7-9H,6H2,1-5H3/b8-7+/t9-/m1/s1. The minimum atomic E-state index is -3.04. The molecule has 2 nitrogen and oxygen atoms in total. The highest BCUT2D eigenvalue weighted by atomic mass is 32.2. The predicted molar refractivity (Wildman–Crippen MR) is 57.6 cm³/mol. The summed E-state index contributed by atoms with van der Waals surface area (Å²) in [5, 5.41) is -0.382. The minimum absolute atomic E-state index is 0.382. The molecule has 0 aliphatic rings. The first-order valence-electron chi connectivity index (χ1n) is 4.63. The lowest BCUT2D eigenvalue weighted by Crippen LogP contribution is -2.34. The van der Waals surface area contributed by atoms with Gasteiger partial charge in [-0.1, -0.05) is 19.1 Å². The fourth-order valence-electron chi connectivity index (χ4n) is 0.989. The normalized spacial score (nSPS) is 16.4. The van der Waals surface area contributed by atoms with Crippen molar-refractivity contribution in [2.45, 2.75) is 51.0 Å². The molecule has 0 aromatic heterocycles. The molecule has 0 amide bonds. The summed E-state index contributed by atoms with van der Waals surface area (Å²) in [7, 11) is -3.04. The fourth-order valence-corrected chi connectivity index (χ4v) is 2.42. The third kappa shape index (κ3) is 3.14. The summed E-state index contributed by atoms with van der Waals surface area (Å²) < 4.78 is 23.0. The van der Waals surface area contributed by atoms with Crippen molar-refractivity contribution < 1.29 is 8.42 Å². The average molecular weight is 204 g/mol. The Hall–Kier alpha value is -0.310. The fraction of sp³-hybridized carbons (Fsp3) is 0.800. The van der Waals surface area contributed by atoms with E-state index in [1.54, 1.807) is 33.8 Å². The molecule has 0 saturated heterocycles. The topological polar surface area (TPSA) is 34.1 Å². The lowest BCUT2D eigenvalue weighted by Gasteiger charge is -2.22. The van der Waals surface area contributed by atoms with E-state index in [2.05, 4.69) is 0 Å². The summed E-state index contributed by atoms with van der Waals surface area (Å²) in [6.45, 7) is 8.93. The Morgan fingerprint density at radius 1 is 1.31 bits per heavy atom. The van der Waals surface area contributed by atoms with Crippen LogP contribution in [0.2, 0.25) is 0 Å². The summed E-state index contributed by atoms with van der Waals surface area (Å²) in [5.74, 6) is 0. The first kappa shape index (κ1) is 12.7. The molecule has 0 rings (SSSR count). The van der Waals surface area contributed by atoms with Gasteiger partial charge in [-0.25, -0.2) is 8.42 Å². The van der Waals surface area contributed by atoms with Crippen LogP contribution in [-0.2, 0) is 9.84 Å². The zero-order chi connectivity index (χ0) is 10.7. The van der Waals surface area contributed by atoms with Gasteiger partial charge >= 0.3 is 0 Å². The molecule has 1 atom stereocenters. The lowest BCUT2D eigenvalue weighted by atomic mass is 10.3. The molecule has 78 valence electrons. The van der Waals surface area contributed by atoms with Crippen LogP contribution in [0.4, 0.5) is 0 Å². The van der Waals surface area contributed by atoms with Crippen molar-refractivity contribution in [1.29, 1.82) is 0 Å². The summed E-state index contributed by atoms with van der Waals surface area (Å²) in [6, 6.07) is 0. The Bertz CT molecular complexity index is 268. The van der Waals surface area contributed by atoms with Gasteiger partial charge < -0.3 is 0 Å². The van der Waals surface area contributed by atoms with Gasteiger partial charge in [-0.2, -0.15) is 0 Å². The highest BCUT2D eigenvalue weighted by molar-refractivity contribution is 7.93. The van der Waals surface area contributed by atoms with Gasteiger partial charge in [0.1, 0.15) is 0 Å². The SMILES string of the molecule is CC/C=C/[C@@H](C)S(=O)(=O)C(C)(C)C. The summed E-state index contributed by atoms with van der Waals surface area (Å²) in [4.78, 5) is 0. The number of allylic oxidation sites excluding steroid dienone is 1. The molecule has 0 bridgehead atoms. The first-order chi connectivity index (χ1) is 5.73. The van der Waals surface area contributed by atoms with E-state index in [-0.39, 0.29) is 5.25 Å². The van der Waals surface area contributed by atoms with E-state index in [4.69, 9.17) is 0 Å². The van der Waals surface area contributed by atoms with Gasteiger partial charge in [0, 0.05) is 0 Å². The van der Waals surface area contributed by atoms with Crippen LogP contribution in [0, 0.1) is 0 Å². The minimum Gasteiger partial charge on any atom is -0.228 e. The number of hydrogen-bond acceptors (Lipinski definition) is 2. The highest BCUT2D eigenvalue weighted by Gasteiger charge is 2.32. The number of rotatable bonds is 3. The smallest absolute Gasteiger partial charge is 0.161 e. The van der Waals surface area contributed by atoms with Crippen LogP contribution < -0.4 is 0 Å². The Balaban J connectivity index is 4.77. The van der Waals surface area contributed by atoms with Crippen LogP contribution in [0.25, 0.3) is 0 Å². The van der Waals surface area contributed by atoms with E-state index in [1.165, 1.54) is 0 Å². The molecule has 0 aliphatic heterocycles. The zero-order valence-corrected chi connectivity index (χ0v) is 9.98. The van der Waals surface area contributed by atoms with Crippen molar-refractivity contribution in [1.82, 2.24) is 0 Å². The van der Waals surface area contributed by atoms with Crippen molar-refractivity contribution in [3.8, 4) is 0 Å². The molecule has 0 heterocycles. The van der Waals surface area contributed by atoms with E-state index in [9.17, 15) is 8.42 Å². The predicted octanol–water partition coefficient (Wildman–Crippen LogP) is 2.55. The molecule has 0 saturated carbocycles. The Morgan fingerprint density at radius 2 is 1.77 bits per heavy atom. The molecule has 0 aliphatic carbocycles. The molecule has 13 heavy (non-hydrogen) atoms. The van der Waals surface area contributed by atoms with Crippen LogP contribution >= 0.6 is 0 Å². The molecular weight excluding hydrogens is 184 g/mol. The van der Waals surface area contributed by atoms with Crippen molar-refractivity contribution in [2.75, 3.05) is 0 Å². The maximum atomic E-state index is 11.8. The quantitative estimate of drug-likeness (QED) is 0.662. The van der Waals surface area contributed by atoms with Crippen LogP contribution in [0.1, 0.15) is 41.0 Å². The molecule has 0 spiro atoms. The van der Waals surface area contributed by atoms with Crippen LogP contribution in [0.5, 0.6) is 0 Å². The van der Waals surface area contributed by atoms with Gasteiger partial charge in [0.15, 0.2) is 9.84 Å². The van der Waals surface area contributed by atoms with Crippen molar-refractivity contribution in [3.63, 3.8) is 0 Å². The van der Waals surface area contributed by atoms with Gasteiger partial charge in [-0.15, -0.1) is 0 Å². The van der Waals surface area contributed by atoms with E-state index in [0.717, 1.165) is 6.42 Å². The Kier molecular flexibility index (Phi) is 4.17. The average Bonchev–Trinajstić information content (AvgIpc) is 1.97. The van der Waals surface area contributed by atoms with Gasteiger partial charge in [-0.05, 0) is 34.1 Å². The molecule has 3 heteroatoms. The van der Waals surface area contributed by atoms with Crippen molar-refractivity contribution in [3.05, 3.63) is 12.2 Å². The second-order valence-electron chi connectivity index (χ2n) is 4.20. The highest BCUT2D eigenvalue weighted by Crippen LogP contribution is 2.21. The van der Waals surface area contributed by atoms with E-state index in [0.29, 0.717) is 0 Å². The molecular formula is C10H20O2S. The second kappa shape index (κ2) is 4.27. The molecule has 0 unspecified atom stereocenters. The number of hydrogen-bond donors (Lipinski definition) is 0. The Morgan fingerprint density at radius 3 is 2.08 bits per heavy atom. The molecule has 0 aromatic rings. The van der Waals surface area contributed by atoms with Crippen LogP contribution in [0.15, 0.2) is 12.2 Å². The first-order valence-corrected chi connectivity index (χ1v) is 6.18. The van der Waals surface area contributed by atoms with E-state index >= 15 is 0 Å². The maximum absolute atomic E-state index is 11.8. The van der Waals surface area contributed by atoms with E-state index in [1.807, 2.05) is 13.0 Å². The van der Waals surface area contributed by atoms with Gasteiger partial charge in [0.2, 0.25) is 0 Å². The van der Waals surface area contributed by atoms with Crippen molar-refractivity contribution in [2.24, 2.45) is 0 Å². The van der Waals surface area contributed by atoms with E-state index < -0.39 is 14.6 Å². The summed E-state index contributed by atoms with van der Waals surface area (Å²) >= 11 is 0. The molecule has 0 N–H and O–H groups in total. The molecule has 0 radical (unpaired) electrons. The monoisotopic (exact) mass is 204 g/mol. The third-order valence-electron chi connectivity index (χ3n) is 1.99. The summed E-state index contributed by atoms with van der Waals surface area (Å²) in [5.41, 5.74) is 0. The van der Waals surface area contributed by atoms with Gasteiger partial charge in [0.05, 0.1) is 10.00 Å². The molecule has 0 aromatic carbocycles. The summed E-state index contributed by atoms with van der Waals surface area (Å²) in [6.07, 6.45) is 4.54. The van der Waals surface area contributed by atoms with Crippen molar-refractivity contribution >= 4 is 9.84 Å². The maximum Gasteiger partial charge on any atom is 0.161 e. The van der Waals surface area contributed by atoms with Crippen LogP contribution in [0.3, 0.4) is 0 Å². The third-order valence-corrected chi connectivity index (χ3v) is 4.83. The van der Waals surface area contributed by atoms with Gasteiger partial charge in [-0.3, -0.25) is 0 Å². The zero-order valence-electron chi connectivity index (χ0n) is 9.16. The molecule has 0 fully saturated rings. The largest absolute Gasteiger partial charge is 0.228 e. The second-order valence-corrected chi connectivity index (χ2v) is 7.26. The Labute approximate surface area is 82.0 Å². The lowest BCUT2D eigenvalue weighted by molar-refractivity contribution is 0.555.